The van der Waals surface area contributed by atoms with E-state index in [9.17, 15) is 32.9 Å². The van der Waals surface area contributed by atoms with E-state index in [-0.39, 0.29) is 22.9 Å². The van der Waals surface area contributed by atoms with Gasteiger partial charge in [-0.1, -0.05) is 23.7 Å². The fraction of sp³-hybridized carbons (Fsp3) is 0.143. The molecule has 1 N–H and O–H groups in total. The molecule has 0 aliphatic rings. The Morgan fingerprint density at radius 3 is 2.48 bits per heavy atom. The van der Waals surface area contributed by atoms with Crippen LogP contribution in [0.3, 0.4) is 0 Å². The highest BCUT2D eigenvalue weighted by Crippen LogP contribution is 2.34. The molecule has 1 heterocycles. The molecule has 0 bridgehead atoms. The number of carbonyl (C=O) groups excluding carboxylic acids is 2. The van der Waals surface area contributed by atoms with Gasteiger partial charge in [0.15, 0.2) is 0 Å². The third-order valence-electron chi connectivity index (χ3n) is 4.44. The van der Waals surface area contributed by atoms with Crippen LogP contribution >= 0.6 is 11.6 Å². The Balaban J connectivity index is 1.86. The van der Waals surface area contributed by atoms with Crippen LogP contribution in [-0.4, -0.2) is 28.2 Å². The number of benzene rings is 2. The topological polar surface area (TPSA) is 106 Å². The van der Waals surface area contributed by atoms with Crippen molar-refractivity contribution in [2.75, 3.05) is 11.9 Å². The van der Waals surface area contributed by atoms with Crippen LogP contribution in [0.2, 0.25) is 5.02 Å². The van der Waals surface area contributed by atoms with Crippen LogP contribution in [0.5, 0.6) is 0 Å². The van der Waals surface area contributed by atoms with Crippen molar-refractivity contribution in [2.24, 2.45) is 0 Å². The SMILES string of the molecule is O=C(CN(Cc1ccco1)C(=O)c1ccc(Cl)c([N+](=O)[O-])c1)Nc1ccccc1C(F)(F)F. The molecule has 0 spiro atoms. The lowest BCUT2D eigenvalue weighted by atomic mass is 10.1. The number of amides is 2. The smallest absolute Gasteiger partial charge is 0.418 e. The molecule has 12 heteroatoms. The standard InChI is InChI=1S/C21H15ClF3N3O5/c22-16-8-7-13(10-18(16)28(31)32)20(30)27(11-14-4-3-9-33-14)12-19(29)26-17-6-2-1-5-15(17)21(23,24)25/h1-10H,11-12H2,(H,26,29). The minimum absolute atomic E-state index is 0.138. The van der Waals surface area contributed by atoms with E-state index in [0.717, 1.165) is 29.2 Å². The van der Waals surface area contributed by atoms with Gasteiger partial charge in [-0.05, 0) is 36.4 Å². The molecule has 0 saturated carbocycles. The zero-order valence-electron chi connectivity index (χ0n) is 16.6. The Kier molecular flexibility index (Phi) is 7.02. The number of anilines is 1. The third kappa shape index (κ3) is 5.89. The summed E-state index contributed by atoms with van der Waals surface area (Å²) in [6.07, 6.45) is -3.36. The normalized spacial score (nSPS) is 11.2. The monoisotopic (exact) mass is 481 g/mol. The number of carbonyl (C=O) groups is 2. The molecule has 0 unspecified atom stereocenters. The summed E-state index contributed by atoms with van der Waals surface area (Å²) in [5, 5.41) is 13.1. The maximum absolute atomic E-state index is 13.2. The summed E-state index contributed by atoms with van der Waals surface area (Å²) in [4.78, 5) is 37.0. The molecule has 0 radical (unpaired) electrons. The molecule has 33 heavy (non-hydrogen) atoms. The number of alkyl halides is 3. The van der Waals surface area contributed by atoms with Gasteiger partial charge in [-0.15, -0.1) is 0 Å². The quantitative estimate of drug-likeness (QED) is 0.371. The zero-order chi connectivity index (χ0) is 24.2. The molecule has 0 atom stereocenters. The van der Waals surface area contributed by atoms with E-state index in [1.165, 1.54) is 30.5 Å². The summed E-state index contributed by atoms with van der Waals surface area (Å²) in [5.41, 5.74) is -2.16. The Morgan fingerprint density at radius 2 is 1.85 bits per heavy atom. The third-order valence-corrected chi connectivity index (χ3v) is 4.76. The number of para-hydroxylation sites is 1. The molecule has 0 aliphatic carbocycles. The van der Waals surface area contributed by atoms with Gasteiger partial charge in [-0.25, -0.2) is 0 Å². The Hall–Kier alpha value is -3.86. The Bertz CT molecular complexity index is 1180. The summed E-state index contributed by atoms with van der Waals surface area (Å²) < 4.78 is 44.8. The van der Waals surface area contributed by atoms with Gasteiger partial charge in [0, 0.05) is 11.6 Å². The minimum atomic E-state index is -4.70. The second-order valence-corrected chi connectivity index (χ2v) is 7.16. The number of furan rings is 1. The summed E-state index contributed by atoms with van der Waals surface area (Å²) in [6.45, 7) is -0.862. The van der Waals surface area contributed by atoms with Gasteiger partial charge in [0.25, 0.3) is 11.6 Å². The van der Waals surface area contributed by atoms with Crippen molar-refractivity contribution in [3.05, 3.63) is 92.9 Å². The number of hydrogen-bond donors (Lipinski definition) is 1. The highest BCUT2D eigenvalue weighted by Gasteiger charge is 2.34. The average Bonchev–Trinajstić information content (AvgIpc) is 3.25. The van der Waals surface area contributed by atoms with Gasteiger partial charge in [0.2, 0.25) is 5.91 Å². The van der Waals surface area contributed by atoms with Gasteiger partial charge >= 0.3 is 6.18 Å². The number of halogens is 4. The number of nitro benzene ring substituents is 1. The van der Waals surface area contributed by atoms with E-state index in [2.05, 4.69) is 5.32 Å². The van der Waals surface area contributed by atoms with Crippen LogP contribution in [0.25, 0.3) is 0 Å². The number of rotatable bonds is 7. The lowest BCUT2D eigenvalue weighted by molar-refractivity contribution is -0.384. The molecule has 3 rings (SSSR count). The summed E-state index contributed by atoms with van der Waals surface area (Å²) in [5.74, 6) is -1.41. The van der Waals surface area contributed by atoms with Gasteiger partial charge in [-0.2, -0.15) is 13.2 Å². The first-order valence-electron chi connectivity index (χ1n) is 9.28. The van der Waals surface area contributed by atoms with Crippen LogP contribution in [0, 0.1) is 10.1 Å². The lowest BCUT2D eigenvalue weighted by Crippen LogP contribution is -2.37. The van der Waals surface area contributed by atoms with E-state index >= 15 is 0 Å². The number of nitrogens with zero attached hydrogens (tertiary/aromatic N) is 2. The number of hydrogen-bond acceptors (Lipinski definition) is 5. The van der Waals surface area contributed by atoms with Gasteiger partial charge in [0.05, 0.1) is 29.0 Å². The molecule has 172 valence electrons. The van der Waals surface area contributed by atoms with E-state index in [0.29, 0.717) is 0 Å². The van der Waals surface area contributed by atoms with Crippen molar-refractivity contribution in [1.29, 1.82) is 0 Å². The maximum atomic E-state index is 13.2. The van der Waals surface area contributed by atoms with E-state index < -0.39 is 46.4 Å². The number of nitro groups is 1. The molecule has 2 aromatic carbocycles. The second kappa shape index (κ2) is 9.74. The number of nitrogens with one attached hydrogen (secondary N) is 1. The average molecular weight is 482 g/mol. The molecular weight excluding hydrogens is 467 g/mol. The molecule has 2 amide bonds. The van der Waals surface area contributed by atoms with E-state index in [1.54, 1.807) is 6.07 Å². The first-order valence-corrected chi connectivity index (χ1v) is 9.65. The molecule has 0 aliphatic heterocycles. The lowest BCUT2D eigenvalue weighted by Gasteiger charge is -2.22. The first kappa shape index (κ1) is 23.8. The molecule has 1 aromatic heterocycles. The Morgan fingerprint density at radius 1 is 1.12 bits per heavy atom. The second-order valence-electron chi connectivity index (χ2n) is 6.76. The summed E-state index contributed by atoms with van der Waals surface area (Å²) in [6, 6.07) is 10.8. The van der Waals surface area contributed by atoms with Crippen molar-refractivity contribution in [1.82, 2.24) is 4.90 Å². The fourth-order valence-corrected chi connectivity index (χ4v) is 3.15. The van der Waals surface area contributed by atoms with Crippen LogP contribution in [-0.2, 0) is 17.5 Å². The predicted molar refractivity (Wildman–Crippen MR) is 112 cm³/mol. The molecule has 8 nitrogen and oxygen atoms in total. The van der Waals surface area contributed by atoms with Gasteiger partial charge < -0.3 is 14.6 Å². The van der Waals surface area contributed by atoms with Crippen molar-refractivity contribution >= 4 is 34.8 Å². The summed E-state index contributed by atoms with van der Waals surface area (Å²) >= 11 is 5.78. The van der Waals surface area contributed by atoms with Crippen LogP contribution < -0.4 is 5.32 Å². The van der Waals surface area contributed by atoms with Crippen molar-refractivity contribution in [3.63, 3.8) is 0 Å². The Labute approximate surface area is 189 Å². The van der Waals surface area contributed by atoms with E-state index in [4.69, 9.17) is 16.0 Å². The summed E-state index contributed by atoms with van der Waals surface area (Å²) in [7, 11) is 0. The van der Waals surface area contributed by atoms with Crippen molar-refractivity contribution in [3.8, 4) is 0 Å². The van der Waals surface area contributed by atoms with Crippen LogP contribution in [0.1, 0.15) is 21.7 Å². The predicted octanol–water partition coefficient (Wildman–Crippen LogP) is 5.14. The largest absolute Gasteiger partial charge is 0.467 e. The highest BCUT2D eigenvalue weighted by atomic mass is 35.5. The molecule has 0 fully saturated rings. The maximum Gasteiger partial charge on any atom is 0.418 e. The molecular formula is C21H15ClF3N3O5. The van der Waals surface area contributed by atoms with Crippen LogP contribution in [0.15, 0.2) is 65.3 Å². The first-order chi connectivity index (χ1) is 15.6. The van der Waals surface area contributed by atoms with Crippen molar-refractivity contribution < 1.29 is 32.1 Å². The minimum Gasteiger partial charge on any atom is -0.467 e. The van der Waals surface area contributed by atoms with Crippen LogP contribution in [0.4, 0.5) is 24.5 Å². The fourth-order valence-electron chi connectivity index (χ4n) is 2.96. The molecule has 0 saturated heterocycles. The zero-order valence-corrected chi connectivity index (χ0v) is 17.4. The van der Waals surface area contributed by atoms with Gasteiger partial charge in [-0.3, -0.25) is 19.7 Å². The highest BCUT2D eigenvalue weighted by molar-refractivity contribution is 6.32. The van der Waals surface area contributed by atoms with Gasteiger partial charge in [0.1, 0.15) is 17.3 Å². The molecule has 3 aromatic rings. The van der Waals surface area contributed by atoms with Crippen molar-refractivity contribution in [2.45, 2.75) is 12.7 Å². The van der Waals surface area contributed by atoms with E-state index in [1.807, 2.05) is 0 Å².